The first kappa shape index (κ1) is 32.3. The number of hydrogen-bond acceptors (Lipinski definition) is 7. The van der Waals surface area contributed by atoms with Crippen LogP contribution in [-0.2, 0) is 25.8 Å². The van der Waals surface area contributed by atoms with Gasteiger partial charge in [0, 0.05) is 32.7 Å². The number of ether oxygens (including phenoxy) is 1. The number of alkyl halides is 3. The molecule has 216 valence electrons. The van der Waals surface area contributed by atoms with Gasteiger partial charge in [-0.2, -0.15) is 17.5 Å². The molecule has 2 aromatic rings. The van der Waals surface area contributed by atoms with E-state index in [1.165, 1.54) is 0 Å². The van der Waals surface area contributed by atoms with Crippen molar-refractivity contribution in [1.82, 2.24) is 9.21 Å². The molecule has 0 amide bonds. The summed E-state index contributed by atoms with van der Waals surface area (Å²) in [5.41, 5.74) is 0.861. The number of hydrogen-bond donors (Lipinski definition) is 3. The van der Waals surface area contributed by atoms with Crippen molar-refractivity contribution in [2.45, 2.75) is 31.0 Å². The second-order valence-electron chi connectivity index (χ2n) is 8.64. The Hall–Kier alpha value is -2.91. The highest BCUT2D eigenvalue weighted by Gasteiger charge is 2.35. The third-order valence-corrected chi connectivity index (χ3v) is 8.07. The Morgan fingerprint density at radius 2 is 1.56 bits per heavy atom. The lowest BCUT2D eigenvalue weighted by molar-refractivity contribution is -0.159. The summed E-state index contributed by atoms with van der Waals surface area (Å²) < 4.78 is 71.8. The van der Waals surface area contributed by atoms with Gasteiger partial charge in [-0.1, -0.05) is 29.8 Å². The van der Waals surface area contributed by atoms with E-state index in [1.54, 1.807) is 0 Å². The number of aliphatic hydroxyl groups excluding tert-OH is 1. The van der Waals surface area contributed by atoms with E-state index < -0.39 is 44.7 Å². The summed E-state index contributed by atoms with van der Waals surface area (Å²) in [6.07, 6.45) is -5.46. The van der Waals surface area contributed by atoms with Crippen LogP contribution in [0.25, 0.3) is 0 Å². The Bertz CT molecular complexity index is 1250. The van der Waals surface area contributed by atoms with Gasteiger partial charge >= 0.3 is 18.1 Å². The maximum Gasteiger partial charge on any atom is 0.416 e. The quantitative estimate of drug-likeness (QED) is 0.411. The lowest BCUT2D eigenvalue weighted by atomic mass is 10.1. The van der Waals surface area contributed by atoms with Crippen molar-refractivity contribution in [3.63, 3.8) is 0 Å². The van der Waals surface area contributed by atoms with Crippen molar-refractivity contribution in [2.24, 2.45) is 0 Å². The van der Waals surface area contributed by atoms with Crippen LogP contribution in [0.5, 0.6) is 5.75 Å². The van der Waals surface area contributed by atoms with Crippen LogP contribution in [0.3, 0.4) is 0 Å². The molecule has 15 heteroatoms. The van der Waals surface area contributed by atoms with Crippen LogP contribution >= 0.6 is 11.6 Å². The molecular formula is C24H28ClF3N2O8S. The molecule has 1 aliphatic rings. The number of para-hydroxylation sites is 1. The molecule has 1 heterocycles. The molecule has 1 fully saturated rings. The monoisotopic (exact) mass is 596 g/mol. The van der Waals surface area contributed by atoms with Gasteiger partial charge in [-0.25, -0.2) is 18.0 Å². The van der Waals surface area contributed by atoms with Crippen LogP contribution < -0.4 is 4.74 Å². The minimum Gasteiger partial charge on any atom is -0.490 e. The first-order valence-electron chi connectivity index (χ1n) is 11.5. The molecule has 1 atom stereocenters. The lowest BCUT2D eigenvalue weighted by Crippen LogP contribution is -2.50. The van der Waals surface area contributed by atoms with E-state index in [9.17, 15) is 26.7 Å². The summed E-state index contributed by atoms with van der Waals surface area (Å²) in [5, 5.41) is 24.9. The largest absolute Gasteiger partial charge is 0.490 e. The Morgan fingerprint density at radius 1 is 1.03 bits per heavy atom. The highest BCUT2D eigenvalue weighted by Crippen LogP contribution is 2.34. The fraction of sp³-hybridized carbons (Fsp3) is 0.417. The number of carboxylic acids is 2. The number of halogens is 4. The number of aryl methyl sites for hydroxylation is 2. The minimum atomic E-state index is -4.68. The summed E-state index contributed by atoms with van der Waals surface area (Å²) in [5.74, 6) is -2.92. The van der Waals surface area contributed by atoms with Gasteiger partial charge in [-0.3, -0.25) is 4.90 Å². The first-order valence-corrected chi connectivity index (χ1v) is 13.3. The molecule has 3 rings (SSSR count). The number of rotatable bonds is 7. The van der Waals surface area contributed by atoms with Crippen LogP contribution in [0.2, 0.25) is 5.02 Å². The molecule has 0 aliphatic carbocycles. The minimum absolute atomic E-state index is 0.0688. The molecule has 0 saturated carbocycles. The molecular weight excluding hydrogens is 569 g/mol. The number of benzene rings is 2. The van der Waals surface area contributed by atoms with Crippen LogP contribution in [0.15, 0.2) is 41.3 Å². The van der Waals surface area contributed by atoms with Crippen molar-refractivity contribution in [1.29, 1.82) is 0 Å². The summed E-state index contributed by atoms with van der Waals surface area (Å²) in [4.78, 5) is 19.5. The average Bonchev–Trinajstić information content (AvgIpc) is 2.84. The summed E-state index contributed by atoms with van der Waals surface area (Å²) in [6.45, 7) is 4.98. The van der Waals surface area contributed by atoms with Gasteiger partial charge in [0.05, 0.1) is 10.6 Å². The normalized spacial score (nSPS) is 15.7. The standard InChI is InChI=1S/C22H26ClF3N2O4S.C2H2O4/c1-15-4-3-5-16(2)21(15)32-14-18(29)13-27-8-10-28(11-9-27)33(30,31)20-12-17(22(24,25)26)6-7-19(20)23;3-1(4)2(5)6/h3-7,12,18,29H,8-11,13-14H2,1-2H3;(H,3,4)(H,5,6). The molecule has 1 saturated heterocycles. The van der Waals surface area contributed by atoms with E-state index in [2.05, 4.69) is 0 Å². The maximum atomic E-state index is 13.0. The van der Waals surface area contributed by atoms with Gasteiger partial charge in [-0.05, 0) is 43.2 Å². The number of aliphatic carboxylic acids is 2. The van der Waals surface area contributed by atoms with Gasteiger partial charge in [0.1, 0.15) is 23.4 Å². The molecule has 3 N–H and O–H groups in total. The Labute approximate surface area is 228 Å². The van der Waals surface area contributed by atoms with Gasteiger partial charge in [0.15, 0.2) is 0 Å². The molecule has 0 radical (unpaired) electrons. The highest BCUT2D eigenvalue weighted by atomic mass is 35.5. The lowest BCUT2D eigenvalue weighted by Gasteiger charge is -2.35. The molecule has 0 aromatic heterocycles. The van der Waals surface area contributed by atoms with Crippen molar-refractivity contribution in [2.75, 3.05) is 39.3 Å². The van der Waals surface area contributed by atoms with Gasteiger partial charge < -0.3 is 20.1 Å². The predicted molar refractivity (Wildman–Crippen MR) is 134 cm³/mol. The number of nitrogens with zero attached hydrogens (tertiary/aromatic N) is 2. The zero-order valence-electron chi connectivity index (χ0n) is 21.0. The molecule has 0 spiro atoms. The SMILES string of the molecule is Cc1cccc(C)c1OCC(O)CN1CCN(S(=O)(=O)c2cc(C(F)(F)F)ccc2Cl)CC1.O=C(O)C(=O)O. The first-order chi connectivity index (χ1) is 18.0. The topological polar surface area (TPSA) is 145 Å². The van der Waals surface area contributed by atoms with E-state index in [1.807, 2.05) is 36.9 Å². The summed E-state index contributed by atoms with van der Waals surface area (Å²) in [6, 6.07) is 8.03. The van der Waals surface area contributed by atoms with Crippen LogP contribution in [0.4, 0.5) is 13.2 Å². The van der Waals surface area contributed by atoms with Crippen molar-refractivity contribution < 1.29 is 51.2 Å². The Kier molecular flexibility index (Phi) is 11.1. The number of β-amino-alcohol motifs (C(OH)–C–C–N with tert-alkyl or cyclic N) is 1. The zero-order valence-corrected chi connectivity index (χ0v) is 22.6. The smallest absolute Gasteiger partial charge is 0.416 e. The molecule has 2 aromatic carbocycles. The predicted octanol–water partition coefficient (Wildman–Crippen LogP) is 2.88. The third-order valence-electron chi connectivity index (χ3n) is 5.69. The van der Waals surface area contributed by atoms with E-state index in [0.717, 1.165) is 33.3 Å². The van der Waals surface area contributed by atoms with Gasteiger partial charge in [0.2, 0.25) is 10.0 Å². The second kappa shape index (κ2) is 13.4. The maximum absolute atomic E-state index is 13.0. The third kappa shape index (κ3) is 9.07. The molecule has 39 heavy (non-hydrogen) atoms. The second-order valence-corrected chi connectivity index (χ2v) is 11.0. The zero-order chi connectivity index (χ0) is 29.5. The fourth-order valence-corrected chi connectivity index (χ4v) is 5.65. The summed E-state index contributed by atoms with van der Waals surface area (Å²) in [7, 11) is -4.20. The average molecular weight is 597 g/mol. The Morgan fingerprint density at radius 3 is 2.05 bits per heavy atom. The number of aliphatic hydroxyl groups is 1. The van der Waals surface area contributed by atoms with Gasteiger partial charge in [0.25, 0.3) is 0 Å². The van der Waals surface area contributed by atoms with E-state index >= 15 is 0 Å². The van der Waals surface area contributed by atoms with Gasteiger partial charge in [-0.15, -0.1) is 0 Å². The van der Waals surface area contributed by atoms with E-state index in [-0.39, 0.29) is 31.3 Å². The van der Waals surface area contributed by atoms with Crippen molar-refractivity contribution >= 4 is 33.6 Å². The van der Waals surface area contributed by atoms with E-state index in [0.29, 0.717) is 19.2 Å². The van der Waals surface area contributed by atoms with Crippen LogP contribution in [-0.4, -0.2) is 90.3 Å². The fourth-order valence-electron chi connectivity index (χ4n) is 3.73. The number of sulfonamides is 1. The van der Waals surface area contributed by atoms with Crippen molar-refractivity contribution in [3.05, 3.63) is 58.1 Å². The highest BCUT2D eigenvalue weighted by molar-refractivity contribution is 7.89. The summed E-state index contributed by atoms with van der Waals surface area (Å²) >= 11 is 5.92. The Balaban J connectivity index is 0.000000798. The van der Waals surface area contributed by atoms with E-state index in [4.69, 9.17) is 36.1 Å². The number of carboxylic acid groups (broad SMARTS) is 2. The van der Waals surface area contributed by atoms with Crippen LogP contribution in [0, 0.1) is 13.8 Å². The number of piperazine rings is 1. The molecule has 0 bridgehead atoms. The molecule has 1 unspecified atom stereocenters. The molecule has 1 aliphatic heterocycles. The van der Waals surface area contributed by atoms with Crippen LogP contribution in [0.1, 0.15) is 16.7 Å². The van der Waals surface area contributed by atoms with Crippen molar-refractivity contribution in [3.8, 4) is 5.75 Å². The number of carbonyl (C=O) groups is 2. The molecule has 10 nitrogen and oxygen atoms in total.